The van der Waals surface area contributed by atoms with Gasteiger partial charge in [-0.1, -0.05) is 31.9 Å². The number of hydrogen-bond donors (Lipinski definition) is 1. The smallest absolute Gasteiger partial charge is 0.0568 e. The number of benzene rings is 2. The van der Waals surface area contributed by atoms with Crippen LogP contribution in [-0.2, 0) is 0 Å². The maximum absolute atomic E-state index is 6.62. The fourth-order valence-electron chi connectivity index (χ4n) is 2.90. The molecule has 0 aliphatic rings. The first kappa shape index (κ1) is 16.7. The van der Waals surface area contributed by atoms with E-state index >= 15 is 0 Å². The molecule has 0 saturated carbocycles. The highest BCUT2D eigenvalue weighted by Gasteiger charge is 2.20. The zero-order valence-corrected chi connectivity index (χ0v) is 16.3. The molecule has 0 amide bonds. The van der Waals surface area contributed by atoms with Crippen molar-refractivity contribution in [3.05, 3.63) is 66.1 Å². The first-order valence-corrected chi connectivity index (χ1v) is 8.61. The van der Waals surface area contributed by atoms with Gasteiger partial charge in [0, 0.05) is 8.95 Å². The van der Waals surface area contributed by atoms with Crippen molar-refractivity contribution in [3.8, 4) is 0 Å². The lowest BCUT2D eigenvalue weighted by Gasteiger charge is -2.24. The van der Waals surface area contributed by atoms with Crippen molar-refractivity contribution in [1.29, 1.82) is 0 Å². The number of hydrogen-bond acceptors (Lipinski definition) is 1. The zero-order chi connectivity index (χ0) is 15.9. The number of halogens is 2. The summed E-state index contributed by atoms with van der Waals surface area (Å²) in [5, 5.41) is 0. The van der Waals surface area contributed by atoms with E-state index < -0.39 is 0 Å². The molecule has 0 aromatic heterocycles. The molecule has 112 valence electrons. The normalized spacial score (nSPS) is 12.6. The SMILES string of the molecule is Cc1c(C)c(C)c(C(N)c2cc(Br)ccc2Br)c(C)c1C. The molecular formula is C18H21Br2N. The quantitative estimate of drug-likeness (QED) is 0.664. The molecule has 2 aromatic rings. The summed E-state index contributed by atoms with van der Waals surface area (Å²) in [6.07, 6.45) is 0. The first-order valence-electron chi connectivity index (χ1n) is 7.03. The topological polar surface area (TPSA) is 26.0 Å². The maximum Gasteiger partial charge on any atom is 0.0568 e. The van der Waals surface area contributed by atoms with E-state index in [4.69, 9.17) is 5.73 Å². The van der Waals surface area contributed by atoms with Crippen molar-refractivity contribution >= 4 is 31.9 Å². The van der Waals surface area contributed by atoms with Gasteiger partial charge in [0.1, 0.15) is 0 Å². The summed E-state index contributed by atoms with van der Waals surface area (Å²) >= 11 is 7.17. The second-order valence-corrected chi connectivity index (χ2v) is 7.45. The van der Waals surface area contributed by atoms with Gasteiger partial charge in [0.15, 0.2) is 0 Å². The summed E-state index contributed by atoms with van der Waals surface area (Å²) < 4.78 is 2.10. The van der Waals surface area contributed by atoms with E-state index in [1.54, 1.807) is 0 Å². The minimum absolute atomic E-state index is 0.130. The molecule has 1 nitrogen and oxygen atoms in total. The Hall–Kier alpha value is -0.640. The number of nitrogens with two attached hydrogens (primary N) is 1. The average Bonchev–Trinajstić information content (AvgIpc) is 2.45. The highest BCUT2D eigenvalue weighted by molar-refractivity contribution is 9.11. The summed E-state index contributed by atoms with van der Waals surface area (Å²) in [5.41, 5.74) is 15.6. The van der Waals surface area contributed by atoms with Crippen LogP contribution >= 0.6 is 31.9 Å². The molecule has 0 aliphatic heterocycles. The van der Waals surface area contributed by atoms with Crippen LogP contribution in [0.15, 0.2) is 27.1 Å². The van der Waals surface area contributed by atoms with Gasteiger partial charge in [-0.15, -0.1) is 0 Å². The Morgan fingerprint density at radius 2 is 1.29 bits per heavy atom. The molecule has 0 radical (unpaired) electrons. The van der Waals surface area contributed by atoms with Gasteiger partial charge in [-0.05, 0) is 91.8 Å². The van der Waals surface area contributed by atoms with Crippen molar-refractivity contribution in [2.24, 2.45) is 5.73 Å². The Morgan fingerprint density at radius 1 is 0.810 bits per heavy atom. The molecule has 21 heavy (non-hydrogen) atoms. The molecule has 0 aliphatic carbocycles. The van der Waals surface area contributed by atoms with E-state index in [9.17, 15) is 0 Å². The van der Waals surface area contributed by atoms with Crippen LogP contribution in [0.4, 0.5) is 0 Å². The Labute approximate surface area is 144 Å². The molecule has 0 heterocycles. The Morgan fingerprint density at radius 3 is 1.81 bits per heavy atom. The van der Waals surface area contributed by atoms with Crippen LogP contribution in [0.2, 0.25) is 0 Å². The molecule has 2 N–H and O–H groups in total. The fourth-order valence-corrected chi connectivity index (χ4v) is 3.78. The van der Waals surface area contributed by atoms with Gasteiger partial charge in [0.2, 0.25) is 0 Å². The number of rotatable bonds is 2. The highest BCUT2D eigenvalue weighted by atomic mass is 79.9. The predicted octanol–water partition coefficient (Wildman–Crippen LogP) is 5.80. The van der Waals surface area contributed by atoms with E-state index in [0.717, 1.165) is 14.5 Å². The van der Waals surface area contributed by atoms with Crippen molar-refractivity contribution in [2.75, 3.05) is 0 Å². The summed E-state index contributed by atoms with van der Waals surface area (Å²) in [5.74, 6) is 0. The lowest BCUT2D eigenvalue weighted by molar-refractivity contribution is 0.837. The van der Waals surface area contributed by atoms with E-state index in [1.165, 1.54) is 33.4 Å². The lowest BCUT2D eigenvalue weighted by Crippen LogP contribution is -2.17. The Kier molecular flexibility index (Phi) is 4.96. The summed E-state index contributed by atoms with van der Waals surface area (Å²) in [6.45, 7) is 10.9. The van der Waals surface area contributed by atoms with Crippen LogP contribution in [0.25, 0.3) is 0 Å². The van der Waals surface area contributed by atoms with Gasteiger partial charge >= 0.3 is 0 Å². The van der Waals surface area contributed by atoms with Gasteiger partial charge in [0.05, 0.1) is 6.04 Å². The van der Waals surface area contributed by atoms with Crippen LogP contribution in [0.1, 0.15) is 45.0 Å². The van der Waals surface area contributed by atoms with E-state index in [1.807, 2.05) is 12.1 Å². The van der Waals surface area contributed by atoms with Gasteiger partial charge in [-0.25, -0.2) is 0 Å². The van der Waals surface area contributed by atoms with Gasteiger partial charge in [-0.2, -0.15) is 0 Å². The minimum Gasteiger partial charge on any atom is -0.320 e. The average molecular weight is 411 g/mol. The van der Waals surface area contributed by atoms with Crippen LogP contribution in [0, 0.1) is 34.6 Å². The van der Waals surface area contributed by atoms with Crippen molar-refractivity contribution in [1.82, 2.24) is 0 Å². The summed E-state index contributed by atoms with van der Waals surface area (Å²) in [6, 6.07) is 6.02. The minimum atomic E-state index is -0.130. The molecule has 1 unspecified atom stereocenters. The van der Waals surface area contributed by atoms with Crippen molar-refractivity contribution in [2.45, 2.75) is 40.7 Å². The van der Waals surface area contributed by atoms with Crippen LogP contribution in [-0.4, -0.2) is 0 Å². The molecule has 0 saturated heterocycles. The third kappa shape index (κ3) is 2.96. The zero-order valence-electron chi connectivity index (χ0n) is 13.1. The lowest BCUT2D eigenvalue weighted by atomic mass is 9.84. The van der Waals surface area contributed by atoms with Crippen LogP contribution in [0.3, 0.4) is 0 Å². The molecule has 1 atom stereocenters. The van der Waals surface area contributed by atoms with E-state index in [-0.39, 0.29) is 6.04 Å². The third-order valence-electron chi connectivity index (χ3n) is 4.66. The molecular weight excluding hydrogens is 390 g/mol. The third-order valence-corrected chi connectivity index (χ3v) is 5.88. The first-order chi connectivity index (χ1) is 9.75. The summed E-state index contributed by atoms with van der Waals surface area (Å²) in [7, 11) is 0. The second-order valence-electron chi connectivity index (χ2n) is 5.68. The summed E-state index contributed by atoms with van der Waals surface area (Å²) in [4.78, 5) is 0. The molecule has 2 rings (SSSR count). The maximum atomic E-state index is 6.62. The van der Waals surface area contributed by atoms with E-state index in [2.05, 4.69) is 72.5 Å². The van der Waals surface area contributed by atoms with Gasteiger partial charge in [-0.3, -0.25) is 0 Å². The molecule has 3 heteroatoms. The van der Waals surface area contributed by atoms with Gasteiger partial charge in [0.25, 0.3) is 0 Å². The van der Waals surface area contributed by atoms with Gasteiger partial charge < -0.3 is 5.73 Å². The standard InChI is InChI=1S/C18H21Br2N/c1-9-10(2)12(4)17(13(5)11(9)3)18(21)15-8-14(19)6-7-16(15)20/h6-8,18H,21H2,1-5H3. The highest BCUT2D eigenvalue weighted by Crippen LogP contribution is 2.35. The Bertz CT molecular complexity index is 676. The Balaban J connectivity index is 2.69. The second kappa shape index (κ2) is 6.23. The largest absolute Gasteiger partial charge is 0.320 e. The van der Waals surface area contributed by atoms with Crippen molar-refractivity contribution in [3.63, 3.8) is 0 Å². The fraction of sp³-hybridized carbons (Fsp3) is 0.333. The van der Waals surface area contributed by atoms with E-state index in [0.29, 0.717) is 0 Å². The van der Waals surface area contributed by atoms with Crippen molar-refractivity contribution < 1.29 is 0 Å². The molecule has 0 fully saturated rings. The van der Waals surface area contributed by atoms with Crippen LogP contribution < -0.4 is 5.73 Å². The molecule has 0 spiro atoms. The monoisotopic (exact) mass is 409 g/mol. The van der Waals surface area contributed by atoms with Crippen LogP contribution in [0.5, 0.6) is 0 Å². The molecule has 2 aromatic carbocycles. The predicted molar refractivity (Wildman–Crippen MR) is 98.0 cm³/mol. The molecule has 0 bridgehead atoms.